The van der Waals surface area contributed by atoms with Gasteiger partial charge in [0.25, 0.3) is 0 Å². The summed E-state index contributed by atoms with van der Waals surface area (Å²) in [6, 6.07) is 11.4. The van der Waals surface area contributed by atoms with Crippen LogP contribution in [-0.2, 0) is 4.79 Å². The smallest absolute Gasteiger partial charge is 0.246 e. The second-order valence-corrected chi connectivity index (χ2v) is 6.90. The number of carbonyl (C=O) groups excluding carboxylic acids is 1. The fourth-order valence-electron chi connectivity index (χ4n) is 3.12. The van der Waals surface area contributed by atoms with Crippen LogP contribution >= 0.6 is 15.9 Å². The van der Waals surface area contributed by atoms with Gasteiger partial charge in [0, 0.05) is 19.2 Å². The first kappa shape index (κ1) is 16.1. The van der Waals surface area contributed by atoms with E-state index in [2.05, 4.69) is 20.9 Å². The van der Waals surface area contributed by atoms with E-state index in [4.69, 9.17) is 8.83 Å². The molecule has 0 saturated carbocycles. The Labute approximate surface area is 153 Å². The number of furan rings is 1. The van der Waals surface area contributed by atoms with Crippen LogP contribution in [0.4, 0.5) is 0 Å². The molecule has 3 heterocycles. The van der Waals surface area contributed by atoms with E-state index in [0.717, 1.165) is 36.4 Å². The molecule has 0 aliphatic carbocycles. The number of benzene rings is 1. The van der Waals surface area contributed by atoms with Crippen molar-refractivity contribution in [1.29, 1.82) is 0 Å². The van der Waals surface area contributed by atoms with Gasteiger partial charge in [-0.3, -0.25) is 4.79 Å². The highest BCUT2D eigenvalue weighted by Gasteiger charge is 2.27. The molecule has 1 atom stereocenters. The molecule has 0 bridgehead atoms. The molecule has 0 radical (unpaired) electrons. The number of carbonyl (C=O) groups is 1. The minimum Gasteiger partial charge on any atom is -0.450 e. The van der Waals surface area contributed by atoms with Gasteiger partial charge in [-0.2, -0.15) is 0 Å². The Morgan fingerprint density at radius 1 is 1.24 bits per heavy atom. The van der Waals surface area contributed by atoms with Crippen molar-refractivity contribution in [1.82, 2.24) is 9.88 Å². The Hall–Kier alpha value is -2.34. The number of fused-ring (bicyclic) bond motifs is 1. The van der Waals surface area contributed by atoms with Crippen molar-refractivity contribution in [2.24, 2.45) is 0 Å². The molecule has 0 spiro atoms. The summed E-state index contributed by atoms with van der Waals surface area (Å²) in [5.74, 6) is 1.48. The average Bonchev–Trinajstić information content (AvgIpc) is 3.25. The molecule has 3 aromatic rings. The highest BCUT2D eigenvalue weighted by Crippen LogP contribution is 2.29. The molecule has 25 heavy (non-hydrogen) atoms. The highest BCUT2D eigenvalue weighted by atomic mass is 79.9. The zero-order valence-electron chi connectivity index (χ0n) is 13.5. The number of piperidine rings is 1. The number of rotatable bonds is 3. The van der Waals surface area contributed by atoms with Gasteiger partial charge in [-0.1, -0.05) is 12.1 Å². The number of oxazole rings is 1. The van der Waals surface area contributed by atoms with Crippen molar-refractivity contribution in [3.63, 3.8) is 0 Å². The monoisotopic (exact) mass is 400 g/mol. The molecule has 1 saturated heterocycles. The lowest BCUT2D eigenvalue weighted by Gasteiger charge is -2.30. The summed E-state index contributed by atoms with van der Waals surface area (Å²) in [4.78, 5) is 18.9. The zero-order valence-corrected chi connectivity index (χ0v) is 15.1. The van der Waals surface area contributed by atoms with Gasteiger partial charge in [0.05, 0.1) is 5.92 Å². The van der Waals surface area contributed by atoms with Gasteiger partial charge in [0.2, 0.25) is 5.91 Å². The molecule has 4 rings (SSSR count). The summed E-state index contributed by atoms with van der Waals surface area (Å²) in [5.41, 5.74) is 1.66. The zero-order chi connectivity index (χ0) is 17.2. The van der Waals surface area contributed by atoms with Crippen molar-refractivity contribution >= 4 is 39.0 Å². The van der Waals surface area contributed by atoms with Crippen LogP contribution in [0.2, 0.25) is 0 Å². The quantitative estimate of drug-likeness (QED) is 0.602. The van der Waals surface area contributed by atoms with E-state index < -0.39 is 0 Å². The second kappa shape index (κ2) is 6.88. The molecule has 1 aromatic carbocycles. The van der Waals surface area contributed by atoms with E-state index in [0.29, 0.717) is 17.0 Å². The number of hydrogen-bond acceptors (Lipinski definition) is 4. The van der Waals surface area contributed by atoms with Gasteiger partial charge in [-0.15, -0.1) is 0 Å². The molecular weight excluding hydrogens is 384 g/mol. The number of para-hydroxylation sites is 2. The van der Waals surface area contributed by atoms with Crippen LogP contribution in [0.15, 0.2) is 56.0 Å². The Balaban J connectivity index is 1.46. The first-order chi connectivity index (χ1) is 12.2. The summed E-state index contributed by atoms with van der Waals surface area (Å²) in [6.07, 6.45) is 5.16. The molecule has 2 aromatic heterocycles. The summed E-state index contributed by atoms with van der Waals surface area (Å²) in [7, 11) is 0. The summed E-state index contributed by atoms with van der Waals surface area (Å²) < 4.78 is 11.9. The SMILES string of the molecule is O=C(/C=C/c1ccc(Br)o1)N1CCC[C@@H](c2nc3ccccc3o2)C1. The third-order valence-corrected chi connectivity index (χ3v) is 4.80. The third-order valence-electron chi connectivity index (χ3n) is 4.38. The van der Waals surface area contributed by atoms with Crippen LogP contribution in [0, 0.1) is 0 Å². The van der Waals surface area contributed by atoms with E-state index in [-0.39, 0.29) is 11.8 Å². The lowest BCUT2D eigenvalue weighted by molar-refractivity contribution is -0.127. The first-order valence-electron chi connectivity index (χ1n) is 8.27. The highest BCUT2D eigenvalue weighted by molar-refractivity contribution is 9.10. The van der Waals surface area contributed by atoms with Crippen LogP contribution in [0.3, 0.4) is 0 Å². The van der Waals surface area contributed by atoms with Crippen molar-refractivity contribution < 1.29 is 13.6 Å². The van der Waals surface area contributed by atoms with Gasteiger partial charge in [-0.05, 0) is 59.1 Å². The van der Waals surface area contributed by atoms with Crippen LogP contribution in [0.25, 0.3) is 17.2 Å². The molecule has 6 heteroatoms. The normalized spacial score (nSPS) is 18.3. The topological polar surface area (TPSA) is 59.5 Å². The van der Waals surface area contributed by atoms with Crippen LogP contribution in [0.1, 0.15) is 30.4 Å². The molecule has 5 nitrogen and oxygen atoms in total. The predicted octanol–water partition coefficient (Wildman–Crippen LogP) is 4.60. The van der Waals surface area contributed by atoms with Crippen molar-refractivity contribution in [3.05, 3.63) is 58.8 Å². The summed E-state index contributed by atoms with van der Waals surface area (Å²) in [6.45, 7) is 1.37. The van der Waals surface area contributed by atoms with Crippen molar-refractivity contribution in [2.75, 3.05) is 13.1 Å². The maximum atomic E-state index is 12.5. The first-order valence-corrected chi connectivity index (χ1v) is 9.06. The van der Waals surface area contributed by atoms with Crippen molar-refractivity contribution in [2.45, 2.75) is 18.8 Å². The molecule has 1 aliphatic rings. The molecule has 1 amide bonds. The number of amides is 1. The average molecular weight is 401 g/mol. The molecular formula is C19H17BrN2O3. The van der Waals surface area contributed by atoms with Gasteiger partial charge in [0.15, 0.2) is 16.1 Å². The fourth-order valence-corrected chi connectivity index (χ4v) is 3.44. The second-order valence-electron chi connectivity index (χ2n) is 6.12. The number of halogens is 1. The van der Waals surface area contributed by atoms with E-state index >= 15 is 0 Å². The van der Waals surface area contributed by atoms with Crippen molar-refractivity contribution in [3.8, 4) is 0 Å². The maximum absolute atomic E-state index is 12.5. The van der Waals surface area contributed by atoms with E-state index in [1.807, 2.05) is 35.2 Å². The lowest BCUT2D eigenvalue weighted by atomic mass is 9.98. The van der Waals surface area contributed by atoms with E-state index in [1.54, 1.807) is 18.2 Å². The molecule has 0 N–H and O–H groups in total. The Kier molecular flexibility index (Phi) is 4.44. The van der Waals surface area contributed by atoms with E-state index in [1.165, 1.54) is 0 Å². The minimum absolute atomic E-state index is 0.0201. The number of aromatic nitrogens is 1. The van der Waals surface area contributed by atoms with Gasteiger partial charge in [0.1, 0.15) is 11.3 Å². The largest absolute Gasteiger partial charge is 0.450 e. The molecule has 0 unspecified atom stereocenters. The molecule has 1 fully saturated rings. The maximum Gasteiger partial charge on any atom is 0.246 e. The number of likely N-dealkylation sites (tertiary alicyclic amines) is 1. The van der Waals surface area contributed by atoms with Crippen LogP contribution in [-0.4, -0.2) is 28.9 Å². The lowest BCUT2D eigenvalue weighted by Crippen LogP contribution is -2.38. The Morgan fingerprint density at radius 2 is 2.12 bits per heavy atom. The van der Waals surface area contributed by atoms with Crippen LogP contribution in [0.5, 0.6) is 0 Å². The summed E-state index contributed by atoms with van der Waals surface area (Å²) in [5, 5.41) is 0. The van der Waals surface area contributed by atoms with Crippen LogP contribution < -0.4 is 0 Å². The number of hydrogen-bond donors (Lipinski definition) is 0. The standard InChI is InChI=1S/C19H17BrN2O3/c20-17-9-7-14(24-17)8-10-18(23)22-11-3-4-13(12-22)19-21-15-5-1-2-6-16(15)25-19/h1-2,5-10,13H,3-4,11-12H2/b10-8+/t13-/m1/s1. The summed E-state index contributed by atoms with van der Waals surface area (Å²) >= 11 is 3.25. The minimum atomic E-state index is -0.0201. The van der Waals surface area contributed by atoms with Gasteiger partial charge >= 0.3 is 0 Å². The van der Waals surface area contributed by atoms with Gasteiger partial charge < -0.3 is 13.7 Å². The van der Waals surface area contributed by atoms with Gasteiger partial charge in [-0.25, -0.2) is 4.98 Å². The third kappa shape index (κ3) is 3.54. The number of nitrogens with zero attached hydrogens (tertiary/aromatic N) is 2. The molecule has 1 aliphatic heterocycles. The molecule has 128 valence electrons. The Bertz CT molecular complexity index is 895. The fraction of sp³-hybridized carbons (Fsp3) is 0.263. The van der Waals surface area contributed by atoms with E-state index in [9.17, 15) is 4.79 Å². The Morgan fingerprint density at radius 3 is 2.92 bits per heavy atom. The predicted molar refractivity (Wildman–Crippen MR) is 98.0 cm³/mol.